The number of esters is 1. The third-order valence-corrected chi connectivity index (χ3v) is 2.40. The summed E-state index contributed by atoms with van der Waals surface area (Å²) in [5.74, 6) is -0.0198. The van der Waals surface area contributed by atoms with Crippen LogP contribution < -0.4 is 4.74 Å². The maximum Gasteiger partial charge on any atom is 0.337 e. The summed E-state index contributed by atoms with van der Waals surface area (Å²) < 4.78 is 16.0. The Morgan fingerprint density at radius 3 is 2.39 bits per heavy atom. The molecule has 0 fully saturated rings. The molecule has 1 aromatic rings. The molecule has 0 atom stereocenters. The van der Waals surface area contributed by atoms with Gasteiger partial charge in [-0.25, -0.2) is 4.79 Å². The largest absolute Gasteiger partial charge is 0.494 e. The first-order chi connectivity index (χ1) is 8.50. The van der Waals surface area contributed by atoms with Gasteiger partial charge in [0.2, 0.25) is 5.79 Å². The van der Waals surface area contributed by atoms with Crippen molar-refractivity contribution >= 4 is 11.7 Å². The maximum atomic E-state index is 11.4. The van der Waals surface area contributed by atoms with Crippen LogP contribution in [0.5, 0.6) is 5.75 Å². The Morgan fingerprint density at radius 1 is 1.17 bits per heavy atom. The zero-order valence-electron chi connectivity index (χ0n) is 10.7. The lowest BCUT2D eigenvalue weighted by atomic mass is 10.1. The smallest absolute Gasteiger partial charge is 0.337 e. The van der Waals surface area contributed by atoms with Crippen LogP contribution in [0.25, 0.3) is 5.76 Å². The van der Waals surface area contributed by atoms with E-state index in [1.54, 1.807) is 13.8 Å². The van der Waals surface area contributed by atoms with Gasteiger partial charge in [-0.1, -0.05) is 0 Å². The Balaban J connectivity index is 2.23. The second-order valence-electron chi connectivity index (χ2n) is 4.39. The molecule has 1 heterocycles. The third kappa shape index (κ3) is 2.83. The summed E-state index contributed by atoms with van der Waals surface area (Å²) in [4.78, 5) is 11.4. The second-order valence-corrected chi connectivity index (χ2v) is 4.39. The van der Waals surface area contributed by atoms with Gasteiger partial charge in [-0.3, -0.25) is 0 Å². The van der Waals surface area contributed by atoms with E-state index in [2.05, 4.69) is 0 Å². The predicted molar refractivity (Wildman–Crippen MR) is 66.8 cm³/mol. The van der Waals surface area contributed by atoms with Crippen LogP contribution in [0.1, 0.15) is 26.3 Å². The zero-order valence-corrected chi connectivity index (χ0v) is 10.7. The van der Waals surface area contributed by atoms with E-state index in [1.165, 1.54) is 6.08 Å². The van der Waals surface area contributed by atoms with Gasteiger partial charge in [0.1, 0.15) is 11.5 Å². The van der Waals surface area contributed by atoms with Crippen molar-refractivity contribution in [3.05, 3.63) is 35.9 Å². The highest BCUT2D eigenvalue weighted by Gasteiger charge is 2.30. The fraction of sp³-hybridized carbons (Fsp3) is 0.357. The van der Waals surface area contributed by atoms with Crippen LogP contribution in [0, 0.1) is 0 Å². The summed E-state index contributed by atoms with van der Waals surface area (Å²) >= 11 is 0. The topological polar surface area (TPSA) is 44.8 Å². The number of hydrogen-bond donors (Lipinski definition) is 0. The highest BCUT2D eigenvalue weighted by atomic mass is 16.7. The third-order valence-electron chi connectivity index (χ3n) is 2.40. The molecule has 0 radical (unpaired) electrons. The molecular formula is C14H16O4. The van der Waals surface area contributed by atoms with Gasteiger partial charge >= 0.3 is 5.97 Å². The number of cyclic esters (lactones) is 1. The SMILES string of the molecule is CCOc1ccc(C2=CC(=O)OC(C)(C)O2)cc1. The number of rotatable bonds is 3. The van der Waals surface area contributed by atoms with Crippen molar-refractivity contribution < 1.29 is 19.0 Å². The Morgan fingerprint density at radius 2 is 1.83 bits per heavy atom. The number of benzene rings is 1. The first-order valence-electron chi connectivity index (χ1n) is 5.87. The van der Waals surface area contributed by atoms with E-state index in [0.29, 0.717) is 12.4 Å². The van der Waals surface area contributed by atoms with Crippen molar-refractivity contribution in [2.45, 2.75) is 26.6 Å². The van der Waals surface area contributed by atoms with E-state index in [9.17, 15) is 4.79 Å². The van der Waals surface area contributed by atoms with Crippen molar-refractivity contribution in [1.29, 1.82) is 0 Å². The predicted octanol–water partition coefficient (Wildman–Crippen LogP) is 2.74. The normalized spacial score (nSPS) is 17.5. The van der Waals surface area contributed by atoms with E-state index in [0.717, 1.165) is 11.3 Å². The number of carbonyl (C=O) groups excluding carboxylic acids is 1. The molecule has 2 rings (SSSR count). The van der Waals surface area contributed by atoms with E-state index in [1.807, 2.05) is 31.2 Å². The summed E-state index contributed by atoms with van der Waals surface area (Å²) in [5.41, 5.74) is 0.822. The number of hydrogen-bond acceptors (Lipinski definition) is 4. The van der Waals surface area contributed by atoms with Crippen LogP contribution in [0.15, 0.2) is 30.3 Å². The van der Waals surface area contributed by atoms with E-state index in [4.69, 9.17) is 14.2 Å². The molecule has 18 heavy (non-hydrogen) atoms. The fourth-order valence-corrected chi connectivity index (χ4v) is 1.72. The van der Waals surface area contributed by atoms with E-state index >= 15 is 0 Å². The molecular weight excluding hydrogens is 232 g/mol. The van der Waals surface area contributed by atoms with Crippen LogP contribution in [-0.4, -0.2) is 18.4 Å². The monoisotopic (exact) mass is 248 g/mol. The Hall–Kier alpha value is -1.97. The molecule has 4 heteroatoms. The number of ether oxygens (including phenoxy) is 3. The van der Waals surface area contributed by atoms with Crippen LogP contribution in [0.2, 0.25) is 0 Å². The van der Waals surface area contributed by atoms with E-state index < -0.39 is 11.8 Å². The summed E-state index contributed by atoms with van der Waals surface area (Å²) in [7, 11) is 0. The molecule has 1 aliphatic heterocycles. The fourth-order valence-electron chi connectivity index (χ4n) is 1.72. The van der Waals surface area contributed by atoms with Gasteiger partial charge in [0.05, 0.1) is 12.7 Å². The molecule has 0 saturated heterocycles. The van der Waals surface area contributed by atoms with Crippen LogP contribution >= 0.6 is 0 Å². The first-order valence-corrected chi connectivity index (χ1v) is 5.87. The van der Waals surface area contributed by atoms with Gasteiger partial charge in [0, 0.05) is 19.4 Å². The average molecular weight is 248 g/mol. The molecule has 0 amide bonds. The first kappa shape index (κ1) is 12.5. The highest BCUT2D eigenvalue weighted by Crippen LogP contribution is 2.29. The standard InChI is InChI=1S/C14H16O4/c1-4-16-11-7-5-10(6-8-11)12-9-13(15)18-14(2,3)17-12/h5-9H,4H2,1-3H3. The number of carbonyl (C=O) groups is 1. The lowest BCUT2D eigenvalue weighted by molar-refractivity contribution is -0.193. The Bertz CT molecular complexity index is 471. The van der Waals surface area contributed by atoms with Crippen LogP contribution in [0.3, 0.4) is 0 Å². The van der Waals surface area contributed by atoms with Gasteiger partial charge in [0.25, 0.3) is 0 Å². The van der Waals surface area contributed by atoms with Gasteiger partial charge < -0.3 is 14.2 Å². The maximum absolute atomic E-state index is 11.4. The molecule has 0 aromatic heterocycles. The quantitative estimate of drug-likeness (QED) is 0.771. The molecule has 0 unspecified atom stereocenters. The van der Waals surface area contributed by atoms with Gasteiger partial charge in [-0.2, -0.15) is 0 Å². The molecule has 96 valence electrons. The molecule has 1 aliphatic rings. The minimum atomic E-state index is -0.931. The Labute approximate surface area is 106 Å². The van der Waals surface area contributed by atoms with Crippen LogP contribution in [0.4, 0.5) is 0 Å². The lowest BCUT2D eigenvalue weighted by Crippen LogP contribution is -2.33. The highest BCUT2D eigenvalue weighted by molar-refractivity contribution is 5.91. The second kappa shape index (κ2) is 4.72. The van der Waals surface area contributed by atoms with Crippen molar-refractivity contribution in [2.24, 2.45) is 0 Å². The van der Waals surface area contributed by atoms with Gasteiger partial charge in [-0.15, -0.1) is 0 Å². The molecule has 1 aromatic carbocycles. The van der Waals surface area contributed by atoms with Crippen molar-refractivity contribution in [3.8, 4) is 5.75 Å². The molecule has 0 bridgehead atoms. The molecule has 0 spiro atoms. The lowest BCUT2D eigenvalue weighted by Gasteiger charge is -2.30. The van der Waals surface area contributed by atoms with Gasteiger partial charge in [0.15, 0.2) is 0 Å². The van der Waals surface area contributed by atoms with Gasteiger partial charge in [-0.05, 0) is 31.2 Å². The van der Waals surface area contributed by atoms with Crippen LogP contribution in [-0.2, 0) is 14.3 Å². The van der Waals surface area contributed by atoms with Crippen molar-refractivity contribution in [1.82, 2.24) is 0 Å². The minimum absolute atomic E-state index is 0.393. The summed E-state index contributed by atoms with van der Waals surface area (Å²) in [6, 6.07) is 7.39. The zero-order chi connectivity index (χ0) is 13.2. The molecule has 0 N–H and O–H groups in total. The summed E-state index contributed by atoms with van der Waals surface area (Å²) in [5, 5.41) is 0. The molecule has 4 nitrogen and oxygen atoms in total. The Kier molecular flexibility index (Phi) is 3.28. The molecule has 0 saturated carbocycles. The summed E-state index contributed by atoms with van der Waals surface area (Å²) in [6.07, 6.45) is 1.35. The average Bonchev–Trinajstić information content (AvgIpc) is 2.27. The summed E-state index contributed by atoms with van der Waals surface area (Å²) in [6.45, 7) is 5.95. The van der Waals surface area contributed by atoms with E-state index in [-0.39, 0.29) is 0 Å². The van der Waals surface area contributed by atoms with Crippen molar-refractivity contribution in [2.75, 3.05) is 6.61 Å². The minimum Gasteiger partial charge on any atom is -0.494 e. The van der Waals surface area contributed by atoms with Crippen molar-refractivity contribution in [3.63, 3.8) is 0 Å². The molecule has 0 aliphatic carbocycles.